The van der Waals surface area contributed by atoms with Crippen LogP contribution in [0.25, 0.3) is 0 Å². The lowest BCUT2D eigenvalue weighted by molar-refractivity contribution is -0.385. The van der Waals surface area contributed by atoms with Crippen molar-refractivity contribution in [2.75, 3.05) is 38.2 Å². The number of ether oxygens (including phenoxy) is 2. The minimum Gasteiger partial charge on any atom is -0.493 e. The normalized spacial score (nSPS) is 15.1. The van der Waals surface area contributed by atoms with Crippen molar-refractivity contribution in [2.45, 2.75) is 13.0 Å². The van der Waals surface area contributed by atoms with Crippen LogP contribution in [0.3, 0.4) is 0 Å². The Morgan fingerprint density at radius 3 is 2.36 bits per heavy atom. The summed E-state index contributed by atoms with van der Waals surface area (Å²) in [6.07, 6.45) is -0.779. The van der Waals surface area contributed by atoms with Crippen LogP contribution in [0, 0.1) is 10.1 Å². The van der Waals surface area contributed by atoms with Gasteiger partial charge in [0.05, 0.1) is 18.1 Å². The molecule has 8 nitrogen and oxygen atoms in total. The van der Waals surface area contributed by atoms with Gasteiger partial charge in [0, 0.05) is 37.9 Å². The molecule has 0 N–H and O–H groups in total. The highest BCUT2D eigenvalue weighted by Crippen LogP contribution is 2.32. The minimum atomic E-state index is -0.779. The quantitative estimate of drug-likeness (QED) is 0.561. The van der Waals surface area contributed by atoms with Crippen molar-refractivity contribution < 1.29 is 19.2 Å². The highest BCUT2D eigenvalue weighted by atomic mass is 16.6. The van der Waals surface area contributed by atoms with E-state index in [9.17, 15) is 14.9 Å². The van der Waals surface area contributed by atoms with Crippen molar-refractivity contribution >= 4 is 17.3 Å². The molecule has 1 aliphatic heterocycles. The van der Waals surface area contributed by atoms with Crippen LogP contribution in [0.2, 0.25) is 0 Å². The molecule has 2 aromatic carbocycles. The maximum atomic E-state index is 12.8. The summed E-state index contributed by atoms with van der Waals surface area (Å²) in [5.41, 5.74) is 1.02. The molecule has 1 amide bonds. The first-order valence-corrected chi connectivity index (χ1v) is 9.07. The lowest BCUT2D eigenvalue weighted by Gasteiger charge is -2.37. The van der Waals surface area contributed by atoms with Gasteiger partial charge in [-0.25, -0.2) is 0 Å². The number of nitro benzene ring substituents is 1. The Balaban J connectivity index is 1.62. The Hall–Kier alpha value is -3.29. The van der Waals surface area contributed by atoms with Gasteiger partial charge in [0.2, 0.25) is 0 Å². The number of anilines is 1. The van der Waals surface area contributed by atoms with E-state index >= 15 is 0 Å². The second-order valence-electron chi connectivity index (χ2n) is 6.50. The number of nitrogens with zero attached hydrogens (tertiary/aromatic N) is 3. The summed E-state index contributed by atoms with van der Waals surface area (Å²) in [6.45, 7) is 4.30. The third-order valence-corrected chi connectivity index (χ3v) is 4.72. The molecule has 1 aliphatic rings. The van der Waals surface area contributed by atoms with Crippen LogP contribution in [-0.4, -0.2) is 55.1 Å². The van der Waals surface area contributed by atoms with E-state index in [2.05, 4.69) is 17.0 Å². The van der Waals surface area contributed by atoms with E-state index in [0.29, 0.717) is 18.8 Å². The Morgan fingerprint density at radius 2 is 1.75 bits per heavy atom. The van der Waals surface area contributed by atoms with Crippen LogP contribution in [-0.2, 0) is 4.79 Å². The number of para-hydroxylation sites is 1. The number of hydrogen-bond donors (Lipinski definition) is 0. The summed E-state index contributed by atoms with van der Waals surface area (Å²) >= 11 is 0. The van der Waals surface area contributed by atoms with Gasteiger partial charge < -0.3 is 19.3 Å². The Kier molecular flexibility index (Phi) is 5.98. The van der Waals surface area contributed by atoms with Crippen LogP contribution in [0.5, 0.6) is 11.5 Å². The summed E-state index contributed by atoms with van der Waals surface area (Å²) in [7, 11) is 1.45. The van der Waals surface area contributed by atoms with E-state index < -0.39 is 11.0 Å². The van der Waals surface area contributed by atoms with E-state index in [4.69, 9.17) is 9.47 Å². The number of nitro groups is 1. The molecular weight excluding hydrogens is 362 g/mol. The van der Waals surface area contributed by atoms with Gasteiger partial charge in [-0.2, -0.15) is 0 Å². The lowest BCUT2D eigenvalue weighted by atomic mass is 10.2. The average molecular weight is 385 g/mol. The molecule has 1 saturated heterocycles. The monoisotopic (exact) mass is 385 g/mol. The molecule has 1 fully saturated rings. The summed E-state index contributed by atoms with van der Waals surface area (Å²) in [6, 6.07) is 14.1. The molecule has 3 rings (SSSR count). The van der Waals surface area contributed by atoms with Crippen molar-refractivity contribution in [1.29, 1.82) is 0 Å². The van der Waals surface area contributed by atoms with Gasteiger partial charge in [-0.05, 0) is 25.1 Å². The van der Waals surface area contributed by atoms with Gasteiger partial charge in [-0.3, -0.25) is 14.9 Å². The highest BCUT2D eigenvalue weighted by molar-refractivity contribution is 5.81. The van der Waals surface area contributed by atoms with Crippen LogP contribution in [0.1, 0.15) is 6.92 Å². The number of benzene rings is 2. The second-order valence-corrected chi connectivity index (χ2v) is 6.50. The summed E-state index contributed by atoms with van der Waals surface area (Å²) in [5.74, 6) is 0.376. The average Bonchev–Trinajstić information content (AvgIpc) is 2.73. The maximum Gasteiger partial charge on any atom is 0.273 e. The molecular formula is C20H23N3O5. The van der Waals surface area contributed by atoms with Gasteiger partial charge in [0.15, 0.2) is 17.6 Å². The third kappa shape index (κ3) is 4.33. The van der Waals surface area contributed by atoms with Crippen molar-refractivity contribution in [1.82, 2.24) is 4.90 Å². The number of hydrogen-bond acceptors (Lipinski definition) is 6. The zero-order valence-corrected chi connectivity index (χ0v) is 15.9. The van der Waals surface area contributed by atoms with E-state index in [1.165, 1.54) is 25.3 Å². The molecule has 148 valence electrons. The van der Waals surface area contributed by atoms with Crippen molar-refractivity contribution in [2.24, 2.45) is 0 Å². The summed E-state index contributed by atoms with van der Waals surface area (Å²) in [5, 5.41) is 11.0. The summed E-state index contributed by atoms with van der Waals surface area (Å²) in [4.78, 5) is 27.2. The standard InChI is InChI=1S/C20H23N3O5/c1-15(28-19-14-17(23(25)26)8-9-18(19)27-2)20(24)22-12-10-21(11-13-22)16-6-4-3-5-7-16/h3-9,14-15H,10-13H2,1-2H3. The maximum absolute atomic E-state index is 12.8. The van der Waals surface area contributed by atoms with Crippen molar-refractivity contribution in [3.63, 3.8) is 0 Å². The fourth-order valence-corrected chi connectivity index (χ4v) is 3.19. The molecule has 0 bridgehead atoms. The number of rotatable bonds is 6. The Bertz CT molecular complexity index is 835. The first-order valence-electron chi connectivity index (χ1n) is 9.07. The molecule has 0 aliphatic carbocycles. The molecule has 1 atom stereocenters. The third-order valence-electron chi connectivity index (χ3n) is 4.72. The topological polar surface area (TPSA) is 85.2 Å². The van der Waals surface area contributed by atoms with Crippen LogP contribution in [0.15, 0.2) is 48.5 Å². The van der Waals surface area contributed by atoms with E-state index in [1.807, 2.05) is 18.2 Å². The molecule has 1 heterocycles. The molecule has 28 heavy (non-hydrogen) atoms. The van der Waals surface area contributed by atoms with Gasteiger partial charge in [0.1, 0.15) is 0 Å². The van der Waals surface area contributed by atoms with Crippen molar-refractivity contribution in [3.8, 4) is 11.5 Å². The first kappa shape index (κ1) is 19.5. The van der Waals surface area contributed by atoms with Gasteiger partial charge in [0.25, 0.3) is 11.6 Å². The van der Waals surface area contributed by atoms with E-state index in [1.54, 1.807) is 11.8 Å². The number of piperazine rings is 1. The zero-order chi connectivity index (χ0) is 20.1. The Labute approximate surface area is 163 Å². The number of non-ortho nitro benzene ring substituents is 1. The second kappa shape index (κ2) is 8.60. The SMILES string of the molecule is COc1ccc([N+](=O)[O-])cc1OC(C)C(=O)N1CCN(c2ccccc2)CC1. The lowest BCUT2D eigenvalue weighted by Crippen LogP contribution is -2.52. The molecule has 8 heteroatoms. The van der Waals surface area contributed by atoms with Gasteiger partial charge >= 0.3 is 0 Å². The molecule has 2 aromatic rings. The predicted octanol–water partition coefficient (Wildman–Crippen LogP) is 2.72. The number of carbonyl (C=O) groups is 1. The van der Waals surface area contributed by atoms with E-state index in [-0.39, 0.29) is 17.3 Å². The number of carbonyl (C=O) groups excluding carboxylic acids is 1. The zero-order valence-electron chi connectivity index (χ0n) is 15.9. The fourth-order valence-electron chi connectivity index (χ4n) is 3.19. The number of methoxy groups -OCH3 is 1. The predicted molar refractivity (Wildman–Crippen MR) is 105 cm³/mol. The van der Waals surface area contributed by atoms with Crippen LogP contribution < -0.4 is 14.4 Å². The molecule has 0 aromatic heterocycles. The van der Waals surface area contributed by atoms with Crippen LogP contribution in [0.4, 0.5) is 11.4 Å². The molecule has 0 spiro atoms. The number of amides is 1. The van der Waals surface area contributed by atoms with Crippen molar-refractivity contribution in [3.05, 3.63) is 58.6 Å². The fraction of sp³-hybridized carbons (Fsp3) is 0.350. The molecule has 0 saturated carbocycles. The first-order chi connectivity index (χ1) is 13.5. The Morgan fingerprint density at radius 1 is 1.07 bits per heavy atom. The van der Waals surface area contributed by atoms with Gasteiger partial charge in [-0.15, -0.1) is 0 Å². The highest BCUT2D eigenvalue weighted by Gasteiger charge is 2.27. The largest absolute Gasteiger partial charge is 0.493 e. The van der Waals surface area contributed by atoms with E-state index in [0.717, 1.165) is 18.8 Å². The molecule has 0 radical (unpaired) electrons. The minimum absolute atomic E-state index is 0.119. The van der Waals surface area contributed by atoms with Gasteiger partial charge in [-0.1, -0.05) is 18.2 Å². The molecule has 1 unspecified atom stereocenters. The smallest absolute Gasteiger partial charge is 0.273 e. The summed E-state index contributed by atoms with van der Waals surface area (Å²) < 4.78 is 10.9. The van der Waals surface area contributed by atoms with Crippen LogP contribution >= 0.6 is 0 Å².